The number of fused-ring (bicyclic) bond motifs is 1. The molecule has 3 N–H and O–H groups in total. The van der Waals surface area contributed by atoms with Crippen molar-refractivity contribution in [1.82, 2.24) is 19.7 Å². The molecule has 1 atom stereocenters. The Balaban J connectivity index is 1.88. The molecule has 2 heterocycles. The van der Waals surface area contributed by atoms with Gasteiger partial charge in [-0.2, -0.15) is 0 Å². The Morgan fingerprint density at radius 2 is 2.41 bits per heavy atom. The van der Waals surface area contributed by atoms with E-state index >= 15 is 0 Å². The lowest BCUT2D eigenvalue weighted by Gasteiger charge is -2.29. The van der Waals surface area contributed by atoms with Crippen LogP contribution in [0.4, 0.5) is 0 Å². The molecular formula is C10H17N5O2. The molecule has 0 saturated carbocycles. The maximum absolute atomic E-state index is 10.9. The standard InChI is InChI=1S/C10H17N5O2/c1-10(11,9(16)17)2-3-14-4-5-15-7-12-13-8(15)6-14/h7H,2-6,11H2,1H3,(H,16,17). The van der Waals surface area contributed by atoms with Gasteiger partial charge in [-0.1, -0.05) is 0 Å². The van der Waals surface area contributed by atoms with E-state index in [9.17, 15) is 4.79 Å². The van der Waals surface area contributed by atoms with E-state index in [0.717, 1.165) is 18.9 Å². The summed E-state index contributed by atoms with van der Waals surface area (Å²) < 4.78 is 2.01. The summed E-state index contributed by atoms with van der Waals surface area (Å²) >= 11 is 0. The Hall–Kier alpha value is -1.47. The molecule has 1 aliphatic rings. The van der Waals surface area contributed by atoms with Crippen molar-refractivity contribution in [3.05, 3.63) is 12.2 Å². The molecule has 0 fully saturated rings. The van der Waals surface area contributed by atoms with Crippen molar-refractivity contribution in [3.8, 4) is 0 Å². The summed E-state index contributed by atoms with van der Waals surface area (Å²) in [6, 6.07) is 0. The van der Waals surface area contributed by atoms with Gasteiger partial charge in [-0.05, 0) is 13.3 Å². The number of carbonyl (C=O) groups is 1. The maximum atomic E-state index is 10.9. The van der Waals surface area contributed by atoms with Crippen LogP contribution < -0.4 is 5.73 Å². The van der Waals surface area contributed by atoms with E-state index in [1.54, 1.807) is 13.3 Å². The third-order valence-corrected chi connectivity index (χ3v) is 3.15. The van der Waals surface area contributed by atoms with Gasteiger partial charge in [-0.25, -0.2) is 0 Å². The zero-order valence-electron chi connectivity index (χ0n) is 9.83. The van der Waals surface area contributed by atoms with Gasteiger partial charge in [0.25, 0.3) is 0 Å². The van der Waals surface area contributed by atoms with Gasteiger partial charge in [-0.15, -0.1) is 10.2 Å². The van der Waals surface area contributed by atoms with Crippen LogP contribution in [0, 0.1) is 0 Å². The molecule has 1 aliphatic heterocycles. The van der Waals surface area contributed by atoms with Crippen LogP contribution in [0.2, 0.25) is 0 Å². The molecule has 0 radical (unpaired) electrons. The highest BCUT2D eigenvalue weighted by Crippen LogP contribution is 2.12. The predicted molar refractivity (Wildman–Crippen MR) is 60.1 cm³/mol. The highest BCUT2D eigenvalue weighted by atomic mass is 16.4. The van der Waals surface area contributed by atoms with Crippen LogP contribution in [0.1, 0.15) is 19.2 Å². The van der Waals surface area contributed by atoms with Gasteiger partial charge in [0.05, 0.1) is 6.54 Å². The summed E-state index contributed by atoms with van der Waals surface area (Å²) in [7, 11) is 0. The van der Waals surface area contributed by atoms with Crippen LogP contribution in [-0.2, 0) is 17.9 Å². The lowest BCUT2D eigenvalue weighted by molar-refractivity contribution is -0.143. The number of hydrogen-bond donors (Lipinski definition) is 2. The highest BCUT2D eigenvalue weighted by molar-refractivity contribution is 5.77. The number of aliphatic carboxylic acids is 1. The largest absolute Gasteiger partial charge is 0.480 e. The second-order valence-electron chi connectivity index (χ2n) is 4.69. The number of nitrogens with zero attached hydrogens (tertiary/aromatic N) is 4. The second-order valence-corrected chi connectivity index (χ2v) is 4.69. The maximum Gasteiger partial charge on any atom is 0.323 e. The molecule has 17 heavy (non-hydrogen) atoms. The number of aromatic nitrogens is 3. The molecule has 0 aliphatic carbocycles. The van der Waals surface area contributed by atoms with Crippen LogP contribution in [0.15, 0.2) is 6.33 Å². The van der Waals surface area contributed by atoms with Gasteiger partial charge >= 0.3 is 5.97 Å². The van der Waals surface area contributed by atoms with Crippen molar-refractivity contribution in [1.29, 1.82) is 0 Å². The zero-order chi connectivity index (χ0) is 12.5. The number of rotatable bonds is 4. The van der Waals surface area contributed by atoms with Crippen molar-refractivity contribution in [2.45, 2.75) is 32.0 Å². The quantitative estimate of drug-likeness (QED) is 0.720. The number of nitrogens with two attached hydrogens (primary N) is 1. The summed E-state index contributed by atoms with van der Waals surface area (Å²) in [6.45, 7) is 4.63. The van der Waals surface area contributed by atoms with E-state index in [1.807, 2.05) is 4.57 Å². The first kappa shape index (κ1) is 12.0. The van der Waals surface area contributed by atoms with Crippen molar-refractivity contribution in [3.63, 3.8) is 0 Å². The zero-order valence-corrected chi connectivity index (χ0v) is 9.83. The summed E-state index contributed by atoms with van der Waals surface area (Å²) in [5.41, 5.74) is 4.53. The third-order valence-electron chi connectivity index (χ3n) is 3.15. The Kier molecular flexibility index (Phi) is 3.12. The van der Waals surface area contributed by atoms with E-state index in [2.05, 4.69) is 15.1 Å². The molecule has 0 amide bonds. The second kappa shape index (κ2) is 4.42. The third kappa shape index (κ3) is 2.62. The number of carboxylic acids is 1. The normalized spacial score (nSPS) is 19.6. The minimum Gasteiger partial charge on any atom is -0.480 e. The molecule has 7 nitrogen and oxygen atoms in total. The first-order valence-electron chi connectivity index (χ1n) is 5.60. The highest BCUT2D eigenvalue weighted by Gasteiger charge is 2.29. The molecule has 1 aromatic rings. The van der Waals surface area contributed by atoms with Crippen LogP contribution in [-0.4, -0.2) is 49.4 Å². The predicted octanol–water partition coefficient (Wildman–Crippen LogP) is -0.714. The van der Waals surface area contributed by atoms with E-state index in [4.69, 9.17) is 10.8 Å². The fourth-order valence-electron chi connectivity index (χ4n) is 1.80. The lowest BCUT2D eigenvalue weighted by atomic mass is 9.99. The van der Waals surface area contributed by atoms with Crippen LogP contribution in [0.5, 0.6) is 0 Å². The van der Waals surface area contributed by atoms with E-state index in [1.165, 1.54) is 0 Å². The van der Waals surface area contributed by atoms with Crippen molar-refractivity contribution in [2.75, 3.05) is 13.1 Å². The van der Waals surface area contributed by atoms with Gasteiger partial charge in [0, 0.05) is 19.6 Å². The van der Waals surface area contributed by atoms with Gasteiger partial charge in [0.1, 0.15) is 17.7 Å². The van der Waals surface area contributed by atoms with Crippen molar-refractivity contribution >= 4 is 5.97 Å². The molecule has 2 rings (SSSR count). The van der Waals surface area contributed by atoms with E-state index in [-0.39, 0.29) is 0 Å². The minimum absolute atomic E-state index is 0.427. The van der Waals surface area contributed by atoms with E-state index < -0.39 is 11.5 Å². The SMILES string of the molecule is CC(N)(CCN1CCn2cnnc2C1)C(=O)O. The average Bonchev–Trinajstić information content (AvgIpc) is 2.73. The van der Waals surface area contributed by atoms with Gasteiger partial charge in [-0.3, -0.25) is 9.69 Å². The first-order chi connectivity index (χ1) is 7.99. The molecule has 7 heteroatoms. The topological polar surface area (TPSA) is 97.3 Å². The van der Waals surface area contributed by atoms with Gasteiger partial charge < -0.3 is 15.4 Å². The average molecular weight is 239 g/mol. The van der Waals surface area contributed by atoms with Crippen molar-refractivity contribution < 1.29 is 9.90 Å². The minimum atomic E-state index is -1.16. The Bertz CT molecular complexity index is 415. The summed E-state index contributed by atoms with van der Waals surface area (Å²) in [4.78, 5) is 13.0. The molecule has 0 bridgehead atoms. The molecular weight excluding hydrogens is 222 g/mol. The first-order valence-corrected chi connectivity index (χ1v) is 5.60. The molecule has 0 saturated heterocycles. The van der Waals surface area contributed by atoms with Gasteiger partial charge in [0.2, 0.25) is 0 Å². The Labute approximate surface area is 99.2 Å². The van der Waals surface area contributed by atoms with E-state index in [0.29, 0.717) is 19.5 Å². The smallest absolute Gasteiger partial charge is 0.323 e. The molecule has 1 aromatic heterocycles. The molecule has 94 valence electrons. The fraction of sp³-hybridized carbons (Fsp3) is 0.700. The Morgan fingerprint density at radius 1 is 1.65 bits per heavy atom. The van der Waals surface area contributed by atoms with Crippen LogP contribution >= 0.6 is 0 Å². The number of hydrogen-bond acceptors (Lipinski definition) is 5. The molecule has 0 spiro atoms. The van der Waals surface area contributed by atoms with Gasteiger partial charge in [0.15, 0.2) is 0 Å². The Morgan fingerprint density at radius 3 is 3.12 bits per heavy atom. The summed E-state index contributed by atoms with van der Waals surface area (Å²) in [5, 5.41) is 16.8. The summed E-state index contributed by atoms with van der Waals surface area (Å²) in [5.74, 6) is -0.0389. The molecule has 1 unspecified atom stereocenters. The fourth-order valence-corrected chi connectivity index (χ4v) is 1.80. The summed E-state index contributed by atoms with van der Waals surface area (Å²) in [6.07, 6.45) is 2.15. The van der Waals surface area contributed by atoms with Crippen LogP contribution in [0.3, 0.4) is 0 Å². The molecule has 0 aromatic carbocycles. The number of carboxylic acid groups (broad SMARTS) is 1. The monoisotopic (exact) mass is 239 g/mol. The van der Waals surface area contributed by atoms with Crippen molar-refractivity contribution in [2.24, 2.45) is 5.73 Å². The lowest BCUT2D eigenvalue weighted by Crippen LogP contribution is -2.48. The van der Waals surface area contributed by atoms with Crippen LogP contribution in [0.25, 0.3) is 0 Å².